The lowest BCUT2D eigenvalue weighted by Gasteiger charge is -2.38. The molecular formula is C24H24ClN3O4. The van der Waals surface area contributed by atoms with Crippen LogP contribution >= 0.6 is 11.6 Å². The van der Waals surface area contributed by atoms with E-state index in [2.05, 4.69) is 16.5 Å². The van der Waals surface area contributed by atoms with Gasteiger partial charge in [-0.25, -0.2) is 0 Å². The second-order valence-corrected chi connectivity index (χ2v) is 8.57. The van der Waals surface area contributed by atoms with Gasteiger partial charge in [0.25, 0.3) is 5.91 Å². The van der Waals surface area contributed by atoms with Crippen molar-refractivity contribution in [2.45, 2.75) is 24.8 Å². The third-order valence-electron chi connectivity index (χ3n) is 6.21. The highest BCUT2D eigenvalue weighted by Gasteiger charge is 2.36. The second kappa shape index (κ2) is 8.84. The first-order valence-electron chi connectivity index (χ1n) is 10.6. The van der Waals surface area contributed by atoms with Crippen LogP contribution in [0.15, 0.2) is 54.9 Å². The van der Waals surface area contributed by atoms with Crippen LogP contribution in [0.5, 0.6) is 11.5 Å². The molecule has 0 aliphatic carbocycles. The molecule has 7 nitrogen and oxygen atoms in total. The number of hydrogen-bond donors (Lipinski definition) is 1. The van der Waals surface area contributed by atoms with Crippen LogP contribution in [0.4, 0.5) is 0 Å². The maximum Gasteiger partial charge on any atom is 0.254 e. The van der Waals surface area contributed by atoms with Gasteiger partial charge in [-0.3, -0.25) is 9.48 Å². The first kappa shape index (κ1) is 20.8. The number of fused-ring (bicyclic) bond motifs is 1. The van der Waals surface area contributed by atoms with Crippen LogP contribution in [0.25, 0.3) is 0 Å². The number of rotatable bonds is 6. The van der Waals surface area contributed by atoms with Crippen molar-refractivity contribution in [3.8, 4) is 11.5 Å². The van der Waals surface area contributed by atoms with Crippen molar-refractivity contribution in [2.24, 2.45) is 0 Å². The van der Waals surface area contributed by atoms with Gasteiger partial charge in [-0.2, -0.15) is 5.10 Å². The molecule has 166 valence electrons. The molecule has 32 heavy (non-hydrogen) atoms. The molecule has 0 bridgehead atoms. The van der Waals surface area contributed by atoms with Gasteiger partial charge in [0.1, 0.15) is 0 Å². The Bertz CT molecular complexity index is 1120. The zero-order valence-corrected chi connectivity index (χ0v) is 18.3. The van der Waals surface area contributed by atoms with Crippen molar-refractivity contribution in [3.05, 3.63) is 76.6 Å². The number of carbonyl (C=O) groups is 1. The van der Waals surface area contributed by atoms with Gasteiger partial charge in [0.15, 0.2) is 11.5 Å². The van der Waals surface area contributed by atoms with Gasteiger partial charge in [0.05, 0.1) is 18.3 Å². The molecule has 2 aromatic carbocycles. The third kappa shape index (κ3) is 4.18. The Morgan fingerprint density at radius 3 is 2.78 bits per heavy atom. The number of ether oxygens (including phenoxy) is 3. The van der Waals surface area contributed by atoms with Gasteiger partial charge in [-0.05, 0) is 42.2 Å². The predicted octanol–water partition coefficient (Wildman–Crippen LogP) is 3.79. The third-order valence-corrected chi connectivity index (χ3v) is 6.58. The molecule has 1 aromatic heterocycles. The number of halogens is 1. The topological polar surface area (TPSA) is 74.6 Å². The summed E-state index contributed by atoms with van der Waals surface area (Å²) in [6.07, 6.45) is 4.97. The summed E-state index contributed by atoms with van der Waals surface area (Å²) in [6.45, 7) is 2.56. The van der Waals surface area contributed by atoms with Crippen LogP contribution in [-0.4, -0.2) is 42.2 Å². The van der Waals surface area contributed by atoms with E-state index < -0.39 is 0 Å². The molecule has 3 heterocycles. The minimum atomic E-state index is -0.220. The molecule has 3 aromatic rings. The molecule has 1 amide bonds. The van der Waals surface area contributed by atoms with Crippen LogP contribution < -0.4 is 14.8 Å². The minimum absolute atomic E-state index is 0.151. The van der Waals surface area contributed by atoms with E-state index in [1.165, 1.54) is 0 Å². The van der Waals surface area contributed by atoms with E-state index in [4.69, 9.17) is 25.8 Å². The van der Waals surface area contributed by atoms with Gasteiger partial charge >= 0.3 is 0 Å². The summed E-state index contributed by atoms with van der Waals surface area (Å²) in [4.78, 5) is 12.9. The summed E-state index contributed by atoms with van der Waals surface area (Å²) in [7, 11) is 0. The monoisotopic (exact) mass is 453 g/mol. The molecule has 2 aliphatic heterocycles. The number of hydrogen-bond acceptors (Lipinski definition) is 5. The molecule has 1 saturated heterocycles. The summed E-state index contributed by atoms with van der Waals surface area (Å²) in [5.41, 5.74) is 2.38. The molecule has 8 heteroatoms. The summed E-state index contributed by atoms with van der Waals surface area (Å²) >= 11 is 6.24. The Morgan fingerprint density at radius 1 is 1.12 bits per heavy atom. The summed E-state index contributed by atoms with van der Waals surface area (Å²) in [5.74, 6) is 1.36. The maximum absolute atomic E-state index is 12.9. The largest absolute Gasteiger partial charge is 0.454 e. The number of carbonyl (C=O) groups excluding carboxylic acids is 1. The van der Waals surface area contributed by atoms with Crippen molar-refractivity contribution in [1.29, 1.82) is 0 Å². The number of nitrogens with one attached hydrogen (secondary N) is 1. The van der Waals surface area contributed by atoms with Crippen LogP contribution in [-0.2, 0) is 16.7 Å². The molecule has 1 fully saturated rings. The Kier molecular flexibility index (Phi) is 5.76. The molecular weight excluding hydrogens is 430 g/mol. The number of nitrogens with zero attached hydrogens (tertiary/aromatic N) is 2. The smallest absolute Gasteiger partial charge is 0.254 e. The fraction of sp³-hybridized carbons (Fsp3) is 0.333. The Balaban J connectivity index is 1.29. The highest BCUT2D eigenvalue weighted by atomic mass is 35.5. The summed E-state index contributed by atoms with van der Waals surface area (Å²) < 4.78 is 18.3. The second-order valence-electron chi connectivity index (χ2n) is 8.16. The van der Waals surface area contributed by atoms with Crippen LogP contribution in [0.3, 0.4) is 0 Å². The molecule has 0 saturated carbocycles. The average Bonchev–Trinajstić information content (AvgIpc) is 3.49. The SMILES string of the molecule is O=C(NCC1(c2ccc3c(c2)OCO3)CCOCC1)c1cnn(Cc2ccccc2Cl)c1. The number of amides is 1. The zero-order chi connectivity index (χ0) is 22.0. The summed E-state index contributed by atoms with van der Waals surface area (Å²) in [6, 6.07) is 13.6. The Hall–Kier alpha value is -3.03. The lowest BCUT2D eigenvalue weighted by molar-refractivity contribution is 0.0486. The van der Waals surface area contributed by atoms with E-state index in [0.717, 1.165) is 35.5 Å². The van der Waals surface area contributed by atoms with Crippen molar-refractivity contribution >= 4 is 17.5 Å². The molecule has 0 spiro atoms. The number of aromatic nitrogens is 2. The van der Waals surface area contributed by atoms with E-state index in [-0.39, 0.29) is 18.1 Å². The Morgan fingerprint density at radius 2 is 1.94 bits per heavy atom. The van der Waals surface area contributed by atoms with Crippen LogP contribution in [0.2, 0.25) is 5.02 Å². The van der Waals surface area contributed by atoms with E-state index in [9.17, 15) is 4.79 Å². The summed E-state index contributed by atoms with van der Waals surface area (Å²) in [5, 5.41) is 8.13. The molecule has 0 atom stereocenters. The fourth-order valence-corrected chi connectivity index (χ4v) is 4.47. The normalized spacial score (nSPS) is 16.7. The van der Waals surface area contributed by atoms with Gasteiger partial charge in [-0.1, -0.05) is 35.9 Å². The van der Waals surface area contributed by atoms with Gasteiger partial charge in [0, 0.05) is 36.4 Å². The highest BCUT2D eigenvalue weighted by Crippen LogP contribution is 2.40. The molecule has 1 N–H and O–H groups in total. The molecule has 5 rings (SSSR count). The fourth-order valence-electron chi connectivity index (χ4n) is 4.28. The minimum Gasteiger partial charge on any atom is -0.454 e. The average molecular weight is 454 g/mol. The number of benzene rings is 2. The van der Waals surface area contributed by atoms with E-state index >= 15 is 0 Å². The first-order chi connectivity index (χ1) is 15.6. The van der Waals surface area contributed by atoms with Crippen LogP contribution in [0.1, 0.15) is 34.3 Å². The van der Waals surface area contributed by atoms with E-state index in [1.807, 2.05) is 36.4 Å². The zero-order valence-electron chi connectivity index (χ0n) is 17.6. The predicted molar refractivity (Wildman–Crippen MR) is 119 cm³/mol. The first-order valence-corrected chi connectivity index (χ1v) is 11.0. The molecule has 0 unspecified atom stereocenters. The standard InChI is InChI=1S/C24H24ClN3O4/c25-20-4-2-1-3-17(20)13-28-14-18(12-27-28)23(29)26-15-24(7-9-30-10-8-24)19-5-6-21-22(11-19)32-16-31-21/h1-6,11-12,14H,7-10,13,15-16H2,(H,26,29). The van der Waals surface area contributed by atoms with Gasteiger partial charge in [-0.15, -0.1) is 0 Å². The quantitative estimate of drug-likeness (QED) is 0.614. The van der Waals surface area contributed by atoms with Crippen molar-refractivity contribution in [2.75, 3.05) is 26.6 Å². The highest BCUT2D eigenvalue weighted by molar-refractivity contribution is 6.31. The van der Waals surface area contributed by atoms with Crippen molar-refractivity contribution in [1.82, 2.24) is 15.1 Å². The van der Waals surface area contributed by atoms with Crippen molar-refractivity contribution < 1.29 is 19.0 Å². The lowest BCUT2D eigenvalue weighted by Crippen LogP contribution is -2.44. The van der Waals surface area contributed by atoms with Crippen molar-refractivity contribution in [3.63, 3.8) is 0 Å². The Labute approximate surface area is 191 Å². The molecule has 2 aliphatic rings. The molecule has 0 radical (unpaired) electrons. The van der Waals surface area contributed by atoms with Crippen LogP contribution in [0, 0.1) is 0 Å². The van der Waals surface area contributed by atoms with Gasteiger partial charge in [0.2, 0.25) is 6.79 Å². The van der Waals surface area contributed by atoms with E-state index in [0.29, 0.717) is 36.9 Å². The lowest BCUT2D eigenvalue weighted by atomic mass is 9.74. The van der Waals surface area contributed by atoms with Gasteiger partial charge < -0.3 is 19.5 Å². The maximum atomic E-state index is 12.9. The van der Waals surface area contributed by atoms with E-state index in [1.54, 1.807) is 17.1 Å².